The van der Waals surface area contributed by atoms with Gasteiger partial charge in [-0.1, -0.05) is 0 Å². The van der Waals surface area contributed by atoms with Crippen LogP contribution in [0.25, 0.3) is 11.1 Å². The summed E-state index contributed by atoms with van der Waals surface area (Å²) in [5.74, 6) is -1.19. The molecule has 5 nitrogen and oxygen atoms in total. The van der Waals surface area contributed by atoms with Crippen LogP contribution in [0.4, 0.5) is 17.6 Å². The monoisotopic (exact) mass is 329 g/mol. The van der Waals surface area contributed by atoms with Gasteiger partial charge in [0.05, 0.1) is 12.2 Å². The number of ether oxygens (including phenoxy) is 1. The largest absolute Gasteiger partial charge is 0.462 e. The van der Waals surface area contributed by atoms with Crippen LogP contribution in [0.2, 0.25) is 0 Å². The van der Waals surface area contributed by atoms with E-state index in [-0.39, 0.29) is 18.0 Å². The van der Waals surface area contributed by atoms with E-state index in [0.717, 1.165) is 12.3 Å². The standard InChI is InChI=1S/C14H11F4N3O2/c1-2-23-13(22)10-3-8(5-21-12(10)14(16,17)18)9-6-19-11(4-15)20-7-9/h3,5-7H,2,4H2,1H3. The predicted octanol–water partition coefficient (Wildman–Crippen LogP) is 3.20. The quantitative estimate of drug-likeness (QED) is 0.636. The van der Waals surface area contributed by atoms with Gasteiger partial charge in [0.1, 0.15) is 6.67 Å². The first kappa shape index (κ1) is 16.8. The number of halogens is 4. The van der Waals surface area contributed by atoms with Crippen molar-refractivity contribution in [2.24, 2.45) is 0 Å². The highest BCUT2D eigenvalue weighted by Gasteiger charge is 2.38. The average Bonchev–Trinajstić information content (AvgIpc) is 2.54. The molecule has 0 aromatic carbocycles. The Morgan fingerprint density at radius 1 is 1.13 bits per heavy atom. The molecule has 9 heteroatoms. The number of aromatic nitrogens is 3. The van der Waals surface area contributed by atoms with E-state index in [1.807, 2.05) is 0 Å². The Morgan fingerprint density at radius 2 is 1.74 bits per heavy atom. The van der Waals surface area contributed by atoms with Crippen LogP contribution in [-0.2, 0) is 17.6 Å². The van der Waals surface area contributed by atoms with Crippen molar-refractivity contribution in [3.8, 4) is 11.1 Å². The van der Waals surface area contributed by atoms with Crippen molar-refractivity contribution in [2.75, 3.05) is 6.61 Å². The summed E-state index contributed by atoms with van der Waals surface area (Å²) < 4.78 is 55.8. The zero-order valence-electron chi connectivity index (χ0n) is 11.9. The molecule has 0 atom stereocenters. The van der Waals surface area contributed by atoms with Crippen LogP contribution >= 0.6 is 0 Å². The third kappa shape index (κ3) is 3.79. The lowest BCUT2D eigenvalue weighted by atomic mass is 10.1. The van der Waals surface area contributed by atoms with Gasteiger partial charge in [0.2, 0.25) is 0 Å². The Morgan fingerprint density at radius 3 is 2.26 bits per heavy atom. The summed E-state index contributed by atoms with van der Waals surface area (Å²) in [5.41, 5.74) is -1.55. The van der Waals surface area contributed by atoms with E-state index in [9.17, 15) is 22.4 Å². The molecule has 2 heterocycles. The molecule has 0 fully saturated rings. The molecule has 0 radical (unpaired) electrons. The number of carbonyl (C=O) groups excluding carboxylic acids is 1. The smallest absolute Gasteiger partial charge is 0.434 e. The highest BCUT2D eigenvalue weighted by atomic mass is 19.4. The lowest BCUT2D eigenvalue weighted by Crippen LogP contribution is -2.17. The molecule has 0 aliphatic heterocycles. The van der Waals surface area contributed by atoms with E-state index in [4.69, 9.17) is 0 Å². The summed E-state index contributed by atoms with van der Waals surface area (Å²) in [6, 6.07) is 1.00. The summed E-state index contributed by atoms with van der Waals surface area (Å²) >= 11 is 0. The van der Waals surface area contributed by atoms with E-state index in [1.54, 1.807) is 0 Å². The molecule has 2 aromatic heterocycles. The number of hydrogen-bond donors (Lipinski definition) is 0. The van der Waals surface area contributed by atoms with Crippen LogP contribution < -0.4 is 0 Å². The van der Waals surface area contributed by atoms with Gasteiger partial charge in [-0.25, -0.2) is 19.2 Å². The normalized spacial score (nSPS) is 11.3. The van der Waals surface area contributed by atoms with Gasteiger partial charge >= 0.3 is 12.1 Å². The number of alkyl halides is 4. The molecule has 0 amide bonds. The van der Waals surface area contributed by atoms with E-state index < -0.39 is 30.1 Å². The highest BCUT2D eigenvalue weighted by molar-refractivity contribution is 5.92. The van der Waals surface area contributed by atoms with Crippen molar-refractivity contribution < 1.29 is 27.1 Å². The molecule has 122 valence electrons. The van der Waals surface area contributed by atoms with Crippen molar-refractivity contribution in [3.63, 3.8) is 0 Å². The van der Waals surface area contributed by atoms with Gasteiger partial charge in [0, 0.05) is 29.7 Å². The minimum Gasteiger partial charge on any atom is -0.462 e. The maximum atomic E-state index is 12.9. The van der Waals surface area contributed by atoms with E-state index in [0.29, 0.717) is 5.56 Å². The maximum absolute atomic E-state index is 12.9. The molecule has 0 saturated heterocycles. The summed E-state index contributed by atoms with van der Waals surface area (Å²) in [7, 11) is 0. The average molecular weight is 329 g/mol. The number of carbonyl (C=O) groups is 1. The van der Waals surface area contributed by atoms with Gasteiger partial charge in [0.15, 0.2) is 11.5 Å². The Labute approximate surface area is 128 Å². The molecule has 0 aliphatic rings. The molecule has 0 saturated carbocycles. The molecular weight excluding hydrogens is 318 g/mol. The van der Waals surface area contributed by atoms with Gasteiger partial charge in [-0.3, -0.25) is 4.98 Å². The fraction of sp³-hybridized carbons (Fsp3) is 0.286. The molecule has 0 spiro atoms. The highest BCUT2D eigenvalue weighted by Crippen LogP contribution is 2.32. The van der Waals surface area contributed by atoms with Crippen LogP contribution in [0.1, 0.15) is 28.8 Å². The number of esters is 1. The van der Waals surface area contributed by atoms with E-state index in [2.05, 4.69) is 19.7 Å². The Bertz CT molecular complexity index is 702. The Kier molecular flexibility index (Phi) is 4.87. The second kappa shape index (κ2) is 6.67. The van der Waals surface area contributed by atoms with Gasteiger partial charge in [-0.15, -0.1) is 0 Å². The van der Waals surface area contributed by atoms with Crippen LogP contribution in [0.15, 0.2) is 24.7 Å². The molecule has 0 aliphatic carbocycles. The van der Waals surface area contributed by atoms with E-state index in [1.165, 1.54) is 19.3 Å². The maximum Gasteiger partial charge on any atom is 0.434 e. The summed E-state index contributed by atoms with van der Waals surface area (Å²) in [6.07, 6.45) is -1.38. The van der Waals surface area contributed by atoms with Gasteiger partial charge in [-0.2, -0.15) is 13.2 Å². The summed E-state index contributed by atoms with van der Waals surface area (Å²) in [5, 5.41) is 0. The van der Waals surface area contributed by atoms with Crippen LogP contribution in [0.3, 0.4) is 0 Å². The second-order valence-electron chi connectivity index (χ2n) is 4.36. The molecule has 2 aromatic rings. The first-order valence-electron chi connectivity index (χ1n) is 6.48. The van der Waals surface area contributed by atoms with Crippen molar-refractivity contribution in [1.82, 2.24) is 15.0 Å². The fourth-order valence-electron chi connectivity index (χ4n) is 1.79. The van der Waals surface area contributed by atoms with Crippen molar-refractivity contribution in [2.45, 2.75) is 19.8 Å². The van der Waals surface area contributed by atoms with E-state index >= 15 is 0 Å². The second-order valence-corrected chi connectivity index (χ2v) is 4.36. The topological polar surface area (TPSA) is 65.0 Å². The minimum absolute atomic E-state index is 0.0563. The first-order valence-corrected chi connectivity index (χ1v) is 6.48. The first-order chi connectivity index (χ1) is 10.9. The molecule has 0 N–H and O–H groups in total. The lowest BCUT2D eigenvalue weighted by molar-refractivity contribution is -0.141. The number of nitrogens with zero attached hydrogens (tertiary/aromatic N) is 3. The minimum atomic E-state index is -4.80. The van der Waals surface area contributed by atoms with Crippen molar-refractivity contribution in [3.05, 3.63) is 41.7 Å². The summed E-state index contributed by atoms with van der Waals surface area (Å²) in [4.78, 5) is 22.5. The molecule has 2 rings (SSSR count). The third-order valence-corrected chi connectivity index (χ3v) is 2.81. The molecule has 23 heavy (non-hydrogen) atoms. The molecular formula is C14H11F4N3O2. The fourth-order valence-corrected chi connectivity index (χ4v) is 1.79. The molecule has 0 bridgehead atoms. The Hall–Kier alpha value is -2.58. The number of pyridine rings is 1. The van der Waals surface area contributed by atoms with Crippen molar-refractivity contribution in [1.29, 1.82) is 0 Å². The third-order valence-electron chi connectivity index (χ3n) is 2.81. The summed E-state index contributed by atoms with van der Waals surface area (Å²) in [6.45, 7) is 0.542. The van der Waals surface area contributed by atoms with Crippen molar-refractivity contribution >= 4 is 5.97 Å². The van der Waals surface area contributed by atoms with Gasteiger partial charge in [0.25, 0.3) is 0 Å². The van der Waals surface area contributed by atoms with Crippen LogP contribution in [-0.4, -0.2) is 27.5 Å². The predicted molar refractivity (Wildman–Crippen MR) is 71.0 cm³/mol. The zero-order valence-corrected chi connectivity index (χ0v) is 11.9. The molecule has 0 unspecified atom stereocenters. The number of hydrogen-bond acceptors (Lipinski definition) is 5. The van der Waals surface area contributed by atoms with Crippen LogP contribution in [0.5, 0.6) is 0 Å². The SMILES string of the molecule is CCOC(=O)c1cc(-c2cnc(CF)nc2)cnc1C(F)(F)F. The zero-order chi connectivity index (χ0) is 17.0. The Balaban J connectivity index is 2.50. The van der Waals surface area contributed by atoms with Gasteiger partial charge in [-0.05, 0) is 13.0 Å². The lowest BCUT2D eigenvalue weighted by Gasteiger charge is -2.12. The number of rotatable bonds is 4. The van der Waals surface area contributed by atoms with Crippen LogP contribution in [0, 0.1) is 0 Å². The van der Waals surface area contributed by atoms with Gasteiger partial charge < -0.3 is 4.74 Å².